The van der Waals surface area contributed by atoms with E-state index in [4.69, 9.17) is 0 Å². The number of fused-ring (bicyclic) bond motifs is 1. The molecular weight excluding hydrogens is 374 g/mol. The number of benzene rings is 1. The Labute approximate surface area is 167 Å². The molecule has 2 aromatic heterocycles. The van der Waals surface area contributed by atoms with E-state index in [1.807, 2.05) is 32.0 Å². The third-order valence-electron chi connectivity index (χ3n) is 4.49. The van der Waals surface area contributed by atoms with E-state index in [1.54, 1.807) is 11.4 Å². The first-order valence-electron chi connectivity index (χ1n) is 9.49. The van der Waals surface area contributed by atoms with Crippen LogP contribution < -0.4 is 16.6 Å². The molecule has 7 heteroatoms. The van der Waals surface area contributed by atoms with Gasteiger partial charge >= 0.3 is 5.69 Å². The number of aromatic nitrogens is 2. The fourth-order valence-corrected chi connectivity index (χ4v) is 4.02. The topological polar surface area (TPSA) is 73.1 Å². The summed E-state index contributed by atoms with van der Waals surface area (Å²) in [4.78, 5) is 37.8. The number of aryl methyl sites for hydroxylation is 1. The van der Waals surface area contributed by atoms with Gasteiger partial charge in [-0.1, -0.05) is 44.2 Å². The molecule has 148 valence electrons. The van der Waals surface area contributed by atoms with Crippen molar-refractivity contribution in [2.24, 2.45) is 5.92 Å². The molecule has 0 aliphatic carbocycles. The summed E-state index contributed by atoms with van der Waals surface area (Å²) in [5.41, 5.74) is 1.06. The Morgan fingerprint density at radius 1 is 1.11 bits per heavy atom. The zero-order valence-corrected chi connectivity index (χ0v) is 17.0. The van der Waals surface area contributed by atoms with Gasteiger partial charge in [0.2, 0.25) is 5.91 Å². The highest BCUT2D eigenvalue weighted by Gasteiger charge is 2.16. The van der Waals surface area contributed by atoms with Crippen LogP contribution in [0.5, 0.6) is 0 Å². The number of amides is 1. The molecule has 0 fully saturated rings. The lowest BCUT2D eigenvalue weighted by Gasteiger charge is -2.13. The summed E-state index contributed by atoms with van der Waals surface area (Å²) in [6.07, 6.45) is 1.71. The second-order valence-electron chi connectivity index (χ2n) is 7.25. The van der Waals surface area contributed by atoms with Gasteiger partial charge in [0.05, 0.1) is 5.52 Å². The number of nitrogens with one attached hydrogen (secondary N) is 1. The Balaban J connectivity index is 1.71. The number of thiophene rings is 1. The molecule has 3 rings (SSSR count). The third-order valence-corrected chi connectivity index (χ3v) is 5.38. The Morgan fingerprint density at radius 3 is 2.57 bits per heavy atom. The monoisotopic (exact) mass is 399 g/mol. The minimum atomic E-state index is -0.427. The predicted molar refractivity (Wildman–Crippen MR) is 113 cm³/mol. The van der Waals surface area contributed by atoms with Gasteiger partial charge in [0.1, 0.15) is 11.2 Å². The van der Waals surface area contributed by atoms with Crippen LogP contribution >= 0.6 is 11.3 Å². The first kappa shape index (κ1) is 20.1. The molecule has 0 aliphatic rings. The molecule has 3 aromatic rings. The summed E-state index contributed by atoms with van der Waals surface area (Å²) >= 11 is 1.30. The van der Waals surface area contributed by atoms with Crippen molar-refractivity contribution in [2.45, 2.75) is 39.8 Å². The molecule has 0 saturated carbocycles. The van der Waals surface area contributed by atoms with Crippen LogP contribution in [-0.2, 0) is 24.3 Å². The number of hydrogen-bond donors (Lipinski definition) is 1. The van der Waals surface area contributed by atoms with Crippen molar-refractivity contribution in [3.8, 4) is 0 Å². The second-order valence-corrected chi connectivity index (χ2v) is 8.17. The molecule has 0 radical (unpaired) electrons. The summed E-state index contributed by atoms with van der Waals surface area (Å²) < 4.78 is 3.16. The number of hydrogen-bond acceptors (Lipinski definition) is 4. The number of rotatable bonds is 8. The van der Waals surface area contributed by atoms with Crippen molar-refractivity contribution >= 4 is 27.5 Å². The van der Waals surface area contributed by atoms with Crippen molar-refractivity contribution < 1.29 is 4.79 Å². The highest BCUT2D eigenvalue weighted by molar-refractivity contribution is 7.17. The van der Waals surface area contributed by atoms with Crippen LogP contribution in [0.15, 0.2) is 51.4 Å². The van der Waals surface area contributed by atoms with Crippen LogP contribution in [0.3, 0.4) is 0 Å². The molecule has 0 spiro atoms. The standard InChI is InChI=1S/C21H25N3O3S/c1-15(2)13-24-20(26)19-17(10-12-28-19)23(21(24)27)14-18(25)22-11-6-9-16-7-4-3-5-8-16/h3-5,7-8,10,12,15H,6,9,11,13-14H2,1-2H3,(H,22,25). The number of carbonyl (C=O) groups is 1. The fraction of sp³-hybridized carbons (Fsp3) is 0.381. The molecule has 0 saturated heterocycles. The average Bonchev–Trinajstić information content (AvgIpc) is 3.16. The summed E-state index contributed by atoms with van der Waals surface area (Å²) in [5.74, 6) is -0.0690. The van der Waals surface area contributed by atoms with Gasteiger partial charge in [-0.3, -0.25) is 18.7 Å². The van der Waals surface area contributed by atoms with E-state index in [9.17, 15) is 14.4 Å². The van der Waals surface area contributed by atoms with Gasteiger partial charge in [0.15, 0.2) is 0 Å². The van der Waals surface area contributed by atoms with E-state index in [-0.39, 0.29) is 23.9 Å². The van der Waals surface area contributed by atoms with E-state index >= 15 is 0 Å². The van der Waals surface area contributed by atoms with Crippen molar-refractivity contribution in [1.29, 1.82) is 0 Å². The van der Waals surface area contributed by atoms with Crippen LogP contribution in [0.2, 0.25) is 0 Å². The lowest BCUT2D eigenvalue weighted by Crippen LogP contribution is -2.43. The Hall–Kier alpha value is -2.67. The van der Waals surface area contributed by atoms with Gasteiger partial charge in [-0.05, 0) is 35.8 Å². The van der Waals surface area contributed by atoms with Crippen molar-refractivity contribution in [3.63, 3.8) is 0 Å². The summed E-state index contributed by atoms with van der Waals surface area (Å²) in [6, 6.07) is 11.8. The van der Waals surface area contributed by atoms with Crippen LogP contribution in [0.4, 0.5) is 0 Å². The van der Waals surface area contributed by atoms with Crippen molar-refractivity contribution in [1.82, 2.24) is 14.5 Å². The molecule has 1 amide bonds. The summed E-state index contributed by atoms with van der Waals surface area (Å²) in [7, 11) is 0. The highest BCUT2D eigenvalue weighted by atomic mass is 32.1. The van der Waals surface area contributed by atoms with Crippen LogP contribution in [0, 0.1) is 5.92 Å². The third kappa shape index (κ3) is 4.59. The second kappa shape index (κ2) is 9.01. The maximum Gasteiger partial charge on any atom is 0.332 e. The number of carbonyl (C=O) groups excluding carboxylic acids is 1. The van der Waals surface area contributed by atoms with Gasteiger partial charge in [-0.2, -0.15) is 0 Å². The molecular formula is C21H25N3O3S. The van der Waals surface area contributed by atoms with Crippen LogP contribution in [0.1, 0.15) is 25.8 Å². The van der Waals surface area contributed by atoms with Gasteiger partial charge in [0.25, 0.3) is 5.56 Å². The Kier molecular flexibility index (Phi) is 6.46. The molecule has 0 aliphatic heterocycles. The van der Waals surface area contributed by atoms with Gasteiger partial charge < -0.3 is 5.32 Å². The normalized spacial score (nSPS) is 11.2. The van der Waals surface area contributed by atoms with Gasteiger partial charge in [-0.25, -0.2) is 4.79 Å². The maximum atomic E-state index is 12.8. The maximum absolute atomic E-state index is 12.8. The molecule has 1 aromatic carbocycles. The molecule has 1 N–H and O–H groups in total. The van der Waals surface area contributed by atoms with Gasteiger partial charge in [0, 0.05) is 13.1 Å². The van der Waals surface area contributed by atoms with E-state index in [0.717, 1.165) is 12.8 Å². The zero-order valence-electron chi connectivity index (χ0n) is 16.2. The van der Waals surface area contributed by atoms with E-state index < -0.39 is 5.69 Å². The van der Waals surface area contributed by atoms with E-state index in [0.29, 0.717) is 23.3 Å². The fourth-order valence-electron chi connectivity index (χ4n) is 3.18. The van der Waals surface area contributed by atoms with Crippen LogP contribution in [0.25, 0.3) is 10.2 Å². The first-order chi connectivity index (χ1) is 13.5. The Bertz CT molecular complexity index is 1060. The quantitative estimate of drug-likeness (QED) is 0.592. The first-order valence-corrected chi connectivity index (χ1v) is 10.4. The molecule has 6 nitrogen and oxygen atoms in total. The molecule has 0 bridgehead atoms. The van der Waals surface area contributed by atoms with Gasteiger partial charge in [-0.15, -0.1) is 11.3 Å². The lowest BCUT2D eigenvalue weighted by molar-refractivity contribution is -0.121. The SMILES string of the molecule is CC(C)Cn1c(=O)c2sccc2n(CC(=O)NCCCc2ccccc2)c1=O. The lowest BCUT2D eigenvalue weighted by atomic mass is 10.1. The molecule has 28 heavy (non-hydrogen) atoms. The predicted octanol–water partition coefficient (Wildman–Crippen LogP) is 2.63. The zero-order chi connectivity index (χ0) is 20.1. The molecule has 0 unspecified atom stereocenters. The average molecular weight is 400 g/mol. The highest BCUT2D eigenvalue weighted by Crippen LogP contribution is 2.15. The van der Waals surface area contributed by atoms with Crippen LogP contribution in [-0.4, -0.2) is 21.6 Å². The van der Waals surface area contributed by atoms with Crippen molar-refractivity contribution in [3.05, 3.63) is 68.2 Å². The molecule has 0 atom stereocenters. The minimum absolute atomic E-state index is 0.0875. The summed E-state index contributed by atoms with van der Waals surface area (Å²) in [6.45, 7) is 4.70. The van der Waals surface area contributed by atoms with E-state index in [2.05, 4.69) is 17.4 Å². The van der Waals surface area contributed by atoms with Crippen molar-refractivity contribution in [2.75, 3.05) is 6.54 Å². The largest absolute Gasteiger partial charge is 0.355 e. The Morgan fingerprint density at radius 2 is 1.86 bits per heavy atom. The summed E-state index contributed by atoms with van der Waals surface area (Å²) in [5, 5.41) is 4.65. The minimum Gasteiger partial charge on any atom is -0.355 e. The molecule has 2 heterocycles. The smallest absolute Gasteiger partial charge is 0.332 e. The van der Waals surface area contributed by atoms with E-state index in [1.165, 1.54) is 26.0 Å². The number of nitrogens with zero attached hydrogens (tertiary/aromatic N) is 2.